The van der Waals surface area contributed by atoms with Crippen LogP contribution in [0.2, 0.25) is 0 Å². The second kappa shape index (κ2) is 5.49. The third kappa shape index (κ3) is 4.00. The minimum Gasteiger partial charge on any atom is -0.481 e. The SMILES string of the molecule is CC(C)(CCO)NC(=O)[C@@H]1CC[C@H](C(=O)O)C1. The molecule has 3 N–H and O–H groups in total. The summed E-state index contributed by atoms with van der Waals surface area (Å²) < 4.78 is 0. The molecule has 0 radical (unpaired) electrons. The van der Waals surface area contributed by atoms with Gasteiger partial charge >= 0.3 is 5.97 Å². The molecule has 1 saturated carbocycles. The highest BCUT2D eigenvalue weighted by Crippen LogP contribution is 2.31. The molecule has 0 aliphatic heterocycles. The normalized spacial score (nSPS) is 24.6. The Morgan fingerprint density at radius 2 is 1.88 bits per heavy atom. The molecule has 0 spiro atoms. The molecular formula is C12H21NO4. The molecule has 0 aromatic rings. The number of carboxylic acids is 1. The minimum absolute atomic E-state index is 0.0235. The van der Waals surface area contributed by atoms with Gasteiger partial charge in [-0.1, -0.05) is 0 Å². The first kappa shape index (κ1) is 14.0. The summed E-state index contributed by atoms with van der Waals surface area (Å²) in [5.74, 6) is -1.48. The van der Waals surface area contributed by atoms with Crippen LogP contribution < -0.4 is 5.32 Å². The quantitative estimate of drug-likeness (QED) is 0.665. The Balaban J connectivity index is 2.47. The number of carbonyl (C=O) groups excluding carboxylic acids is 1. The average Bonchev–Trinajstić information content (AvgIpc) is 2.64. The maximum atomic E-state index is 11.9. The third-order valence-corrected chi connectivity index (χ3v) is 3.35. The fourth-order valence-electron chi connectivity index (χ4n) is 2.22. The van der Waals surface area contributed by atoms with Crippen LogP contribution in [-0.4, -0.2) is 34.2 Å². The zero-order valence-electron chi connectivity index (χ0n) is 10.4. The average molecular weight is 243 g/mol. The predicted octanol–water partition coefficient (Wildman–Crippen LogP) is 0.764. The van der Waals surface area contributed by atoms with E-state index in [0.29, 0.717) is 25.7 Å². The van der Waals surface area contributed by atoms with Crippen molar-refractivity contribution in [1.82, 2.24) is 5.32 Å². The standard InChI is InChI=1S/C12H21NO4/c1-12(2,5-6-14)13-10(15)8-3-4-9(7-8)11(16)17/h8-9,14H,3-7H2,1-2H3,(H,13,15)(H,16,17)/t8-,9+/m1/s1. The van der Waals surface area contributed by atoms with E-state index in [1.807, 2.05) is 13.8 Å². The molecule has 98 valence electrons. The lowest BCUT2D eigenvalue weighted by atomic mass is 9.98. The van der Waals surface area contributed by atoms with Crippen molar-refractivity contribution in [3.8, 4) is 0 Å². The summed E-state index contributed by atoms with van der Waals surface area (Å²) in [6.07, 6.45) is 2.13. The Morgan fingerprint density at radius 1 is 1.29 bits per heavy atom. The van der Waals surface area contributed by atoms with Gasteiger partial charge in [0.15, 0.2) is 0 Å². The van der Waals surface area contributed by atoms with Gasteiger partial charge in [0.25, 0.3) is 0 Å². The van der Waals surface area contributed by atoms with Crippen LogP contribution in [0.5, 0.6) is 0 Å². The van der Waals surface area contributed by atoms with E-state index in [-0.39, 0.29) is 24.3 Å². The fraction of sp³-hybridized carbons (Fsp3) is 0.833. The van der Waals surface area contributed by atoms with E-state index < -0.39 is 11.5 Å². The van der Waals surface area contributed by atoms with Crippen LogP contribution in [0.15, 0.2) is 0 Å². The molecular weight excluding hydrogens is 222 g/mol. The highest BCUT2D eigenvalue weighted by molar-refractivity contribution is 5.81. The molecule has 1 amide bonds. The summed E-state index contributed by atoms with van der Waals surface area (Å²) in [6.45, 7) is 3.73. The Kier molecular flexibility index (Phi) is 4.51. The number of carboxylic acid groups (broad SMARTS) is 1. The highest BCUT2D eigenvalue weighted by Gasteiger charge is 2.35. The van der Waals surface area contributed by atoms with E-state index in [2.05, 4.69) is 5.32 Å². The number of aliphatic hydroxyl groups is 1. The fourth-order valence-corrected chi connectivity index (χ4v) is 2.22. The number of amides is 1. The van der Waals surface area contributed by atoms with Crippen molar-refractivity contribution in [1.29, 1.82) is 0 Å². The van der Waals surface area contributed by atoms with Gasteiger partial charge in [0.05, 0.1) is 5.92 Å². The molecule has 0 bridgehead atoms. The second-order valence-electron chi connectivity index (χ2n) is 5.39. The van der Waals surface area contributed by atoms with Crippen molar-refractivity contribution in [3.63, 3.8) is 0 Å². The van der Waals surface area contributed by atoms with Gasteiger partial charge in [-0.3, -0.25) is 9.59 Å². The molecule has 1 fully saturated rings. The van der Waals surface area contributed by atoms with Gasteiger partial charge in [0.1, 0.15) is 0 Å². The van der Waals surface area contributed by atoms with E-state index in [9.17, 15) is 9.59 Å². The second-order valence-corrected chi connectivity index (χ2v) is 5.39. The van der Waals surface area contributed by atoms with E-state index >= 15 is 0 Å². The Hall–Kier alpha value is -1.10. The van der Waals surface area contributed by atoms with E-state index in [0.717, 1.165) is 0 Å². The van der Waals surface area contributed by atoms with Crippen LogP contribution in [0.3, 0.4) is 0 Å². The Bertz CT molecular complexity index is 301. The molecule has 0 aromatic carbocycles. The third-order valence-electron chi connectivity index (χ3n) is 3.35. The molecule has 5 heteroatoms. The van der Waals surface area contributed by atoms with Gasteiger partial charge in [-0.05, 0) is 39.5 Å². The maximum Gasteiger partial charge on any atom is 0.306 e. The molecule has 17 heavy (non-hydrogen) atoms. The number of nitrogens with one attached hydrogen (secondary N) is 1. The molecule has 2 atom stereocenters. The largest absolute Gasteiger partial charge is 0.481 e. The van der Waals surface area contributed by atoms with Crippen molar-refractivity contribution < 1.29 is 19.8 Å². The Morgan fingerprint density at radius 3 is 2.35 bits per heavy atom. The maximum absolute atomic E-state index is 11.9. The van der Waals surface area contributed by atoms with Gasteiger partial charge in [-0.2, -0.15) is 0 Å². The molecule has 1 aliphatic carbocycles. The first-order valence-corrected chi connectivity index (χ1v) is 6.01. The van der Waals surface area contributed by atoms with Crippen LogP contribution in [0.25, 0.3) is 0 Å². The van der Waals surface area contributed by atoms with Gasteiger partial charge < -0.3 is 15.5 Å². The summed E-state index contributed by atoms with van der Waals surface area (Å²) in [5, 5.41) is 20.6. The monoisotopic (exact) mass is 243 g/mol. The molecule has 0 unspecified atom stereocenters. The van der Waals surface area contributed by atoms with Gasteiger partial charge in [0, 0.05) is 18.1 Å². The van der Waals surface area contributed by atoms with E-state index in [4.69, 9.17) is 10.2 Å². The van der Waals surface area contributed by atoms with Crippen LogP contribution in [0, 0.1) is 11.8 Å². The smallest absolute Gasteiger partial charge is 0.306 e. The van der Waals surface area contributed by atoms with Gasteiger partial charge in [0.2, 0.25) is 5.91 Å². The van der Waals surface area contributed by atoms with Crippen molar-refractivity contribution in [2.45, 2.75) is 45.1 Å². The molecule has 1 rings (SSSR count). The van der Waals surface area contributed by atoms with Crippen LogP contribution in [-0.2, 0) is 9.59 Å². The molecule has 0 heterocycles. The van der Waals surface area contributed by atoms with Gasteiger partial charge in [-0.15, -0.1) is 0 Å². The van der Waals surface area contributed by atoms with Crippen LogP contribution in [0.1, 0.15) is 39.5 Å². The van der Waals surface area contributed by atoms with E-state index in [1.165, 1.54) is 0 Å². The Labute approximate surface area is 101 Å². The van der Waals surface area contributed by atoms with Crippen LogP contribution >= 0.6 is 0 Å². The number of rotatable bonds is 5. The number of aliphatic hydroxyl groups excluding tert-OH is 1. The summed E-state index contributed by atoms with van der Waals surface area (Å²) in [7, 11) is 0. The van der Waals surface area contributed by atoms with Crippen LogP contribution in [0.4, 0.5) is 0 Å². The summed E-state index contributed by atoms with van der Waals surface area (Å²) in [6, 6.07) is 0. The number of aliphatic carboxylic acids is 1. The summed E-state index contributed by atoms with van der Waals surface area (Å²) >= 11 is 0. The molecule has 0 aromatic heterocycles. The topological polar surface area (TPSA) is 86.6 Å². The minimum atomic E-state index is -0.810. The molecule has 5 nitrogen and oxygen atoms in total. The summed E-state index contributed by atoms with van der Waals surface area (Å²) in [4.78, 5) is 22.7. The van der Waals surface area contributed by atoms with Crippen molar-refractivity contribution in [3.05, 3.63) is 0 Å². The van der Waals surface area contributed by atoms with E-state index in [1.54, 1.807) is 0 Å². The first-order chi connectivity index (χ1) is 7.85. The molecule has 0 saturated heterocycles. The van der Waals surface area contributed by atoms with Crippen molar-refractivity contribution in [2.24, 2.45) is 11.8 Å². The van der Waals surface area contributed by atoms with Crippen molar-refractivity contribution in [2.75, 3.05) is 6.61 Å². The number of hydrogen-bond acceptors (Lipinski definition) is 3. The number of carbonyl (C=O) groups is 2. The lowest BCUT2D eigenvalue weighted by molar-refractivity contribution is -0.141. The number of hydrogen-bond donors (Lipinski definition) is 3. The highest BCUT2D eigenvalue weighted by atomic mass is 16.4. The first-order valence-electron chi connectivity index (χ1n) is 6.01. The van der Waals surface area contributed by atoms with Crippen molar-refractivity contribution >= 4 is 11.9 Å². The molecule has 1 aliphatic rings. The predicted molar refractivity (Wildman–Crippen MR) is 62.4 cm³/mol. The van der Waals surface area contributed by atoms with Gasteiger partial charge in [-0.25, -0.2) is 0 Å². The zero-order valence-corrected chi connectivity index (χ0v) is 10.4. The zero-order chi connectivity index (χ0) is 13.1. The lowest BCUT2D eigenvalue weighted by Gasteiger charge is -2.27. The lowest BCUT2D eigenvalue weighted by Crippen LogP contribution is -2.46. The summed E-state index contributed by atoms with van der Waals surface area (Å²) in [5.41, 5.74) is -0.437.